The van der Waals surface area contributed by atoms with Gasteiger partial charge in [0.1, 0.15) is 0 Å². The van der Waals surface area contributed by atoms with Gasteiger partial charge in [-0.3, -0.25) is 0 Å². The lowest BCUT2D eigenvalue weighted by molar-refractivity contribution is -0.111. The van der Waals surface area contributed by atoms with Gasteiger partial charge in [-0.25, -0.2) is 0 Å². The molecule has 1 N–H and O–H groups in total. The fourth-order valence-electron chi connectivity index (χ4n) is 3.02. The predicted octanol–water partition coefficient (Wildman–Crippen LogP) is 3.33. The van der Waals surface area contributed by atoms with Crippen molar-refractivity contribution in [2.24, 2.45) is 0 Å². The van der Waals surface area contributed by atoms with Crippen LogP contribution in [-0.4, -0.2) is 23.9 Å². The minimum atomic E-state index is -0.400. The van der Waals surface area contributed by atoms with Gasteiger partial charge in [0.2, 0.25) is 0 Å². The molecule has 0 saturated heterocycles. The topological polar surface area (TPSA) is 29.5 Å². The molecule has 1 aromatic carbocycles. The van der Waals surface area contributed by atoms with E-state index >= 15 is 0 Å². The highest BCUT2D eigenvalue weighted by Crippen LogP contribution is 2.34. The second-order valence-electron chi connectivity index (χ2n) is 5.39. The monoisotopic (exact) mass is 248 g/mol. The summed E-state index contributed by atoms with van der Waals surface area (Å²) >= 11 is 0. The lowest BCUT2D eigenvalue weighted by atomic mass is 9.85. The van der Waals surface area contributed by atoms with Gasteiger partial charge in [0.05, 0.1) is 11.7 Å². The number of aliphatic hydroxyl groups is 1. The van der Waals surface area contributed by atoms with E-state index in [-0.39, 0.29) is 5.60 Å². The molecule has 2 heteroatoms. The number of ether oxygens (including phenoxy) is 1. The van der Waals surface area contributed by atoms with Crippen molar-refractivity contribution in [1.82, 2.24) is 0 Å². The molecular formula is C16H24O2. The summed E-state index contributed by atoms with van der Waals surface area (Å²) in [6, 6.07) is 10.2. The molecule has 1 aliphatic rings. The summed E-state index contributed by atoms with van der Waals surface area (Å²) in [4.78, 5) is 0. The van der Waals surface area contributed by atoms with E-state index < -0.39 is 6.10 Å². The van der Waals surface area contributed by atoms with E-state index in [2.05, 4.69) is 12.1 Å². The van der Waals surface area contributed by atoms with Gasteiger partial charge >= 0.3 is 0 Å². The van der Waals surface area contributed by atoms with Crippen molar-refractivity contribution in [3.05, 3.63) is 35.9 Å². The Kier molecular flexibility index (Phi) is 4.79. The second kappa shape index (κ2) is 6.35. The van der Waals surface area contributed by atoms with Gasteiger partial charge in [0.25, 0.3) is 0 Å². The van der Waals surface area contributed by atoms with Crippen molar-refractivity contribution in [2.75, 3.05) is 7.11 Å². The van der Waals surface area contributed by atoms with Crippen molar-refractivity contribution >= 4 is 0 Å². The number of rotatable bonds is 4. The third kappa shape index (κ3) is 3.12. The largest absolute Gasteiger partial charge is 0.390 e. The fourth-order valence-corrected chi connectivity index (χ4v) is 3.02. The summed E-state index contributed by atoms with van der Waals surface area (Å²) in [5.74, 6) is 0. The Hall–Kier alpha value is -0.860. The van der Waals surface area contributed by atoms with Gasteiger partial charge in [-0.05, 0) is 18.4 Å². The molecule has 0 aliphatic heterocycles. The molecule has 0 aromatic heterocycles. The molecule has 2 nitrogen and oxygen atoms in total. The Bertz CT molecular complexity index is 339. The minimum Gasteiger partial charge on any atom is -0.390 e. The highest BCUT2D eigenvalue weighted by molar-refractivity contribution is 5.16. The maximum absolute atomic E-state index is 10.6. The summed E-state index contributed by atoms with van der Waals surface area (Å²) in [7, 11) is 1.75. The van der Waals surface area contributed by atoms with Crippen molar-refractivity contribution in [3.63, 3.8) is 0 Å². The Labute approximate surface area is 110 Å². The Balaban J connectivity index is 2.06. The molecule has 0 spiro atoms. The summed E-state index contributed by atoms with van der Waals surface area (Å²) in [6.45, 7) is 0. The highest BCUT2D eigenvalue weighted by atomic mass is 16.5. The zero-order chi connectivity index (χ0) is 12.8. The lowest BCUT2D eigenvalue weighted by Crippen LogP contribution is -2.45. The Morgan fingerprint density at radius 2 is 1.72 bits per heavy atom. The quantitative estimate of drug-likeness (QED) is 0.828. The fraction of sp³-hybridized carbons (Fsp3) is 0.625. The zero-order valence-corrected chi connectivity index (χ0v) is 11.3. The van der Waals surface area contributed by atoms with E-state index in [4.69, 9.17) is 4.74 Å². The molecule has 1 aromatic rings. The first-order valence-corrected chi connectivity index (χ1v) is 7.04. The molecule has 1 unspecified atom stereocenters. The second-order valence-corrected chi connectivity index (χ2v) is 5.39. The van der Waals surface area contributed by atoms with Gasteiger partial charge < -0.3 is 9.84 Å². The van der Waals surface area contributed by atoms with Crippen molar-refractivity contribution in [3.8, 4) is 0 Å². The molecule has 1 atom stereocenters. The van der Waals surface area contributed by atoms with Gasteiger partial charge in [-0.15, -0.1) is 0 Å². The first-order valence-electron chi connectivity index (χ1n) is 7.04. The predicted molar refractivity (Wildman–Crippen MR) is 73.6 cm³/mol. The third-order valence-electron chi connectivity index (χ3n) is 4.24. The first kappa shape index (κ1) is 13.6. The summed E-state index contributed by atoms with van der Waals surface area (Å²) in [5, 5.41) is 10.6. The maximum atomic E-state index is 10.6. The molecule has 18 heavy (non-hydrogen) atoms. The molecule has 2 rings (SSSR count). The normalized spacial score (nSPS) is 21.2. The van der Waals surface area contributed by atoms with Crippen molar-refractivity contribution in [1.29, 1.82) is 0 Å². The molecule has 1 aliphatic carbocycles. The van der Waals surface area contributed by atoms with Crippen LogP contribution in [0.2, 0.25) is 0 Å². The summed E-state index contributed by atoms with van der Waals surface area (Å²) in [6.07, 6.45) is 7.12. The Morgan fingerprint density at radius 3 is 2.28 bits per heavy atom. The molecule has 100 valence electrons. The number of benzene rings is 1. The molecule has 0 amide bonds. The first-order chi connectivity index (χ1) is 8.77. The standard InChI is InChI=1S/C16H24O2/c1-18-16(11-7-2-3-8-12-16)15(17)13-14-9-5-4-6-10-14/h4-6,9-10,15,17H,2-3,7-8,11-13H2,1H3. The average molecular weight is 248 g/mol. The van der Waals surface area contributed by atoms with Crippen LogP contribution >= 0.6 is 0 Å². The smallest absolute Gasteiger partial charge is 0.0939 e. The van der Waals surface area contributed by atoms with Crippen molar-refractivity contribution in [2.45, 2.75) is 56.7 Å². The SMILES string of the molecule is COC1(C(O)Cc2ccccc2)CCCCCC1. The van der Waals surface area contributed by atoms with Crippen LogP contribution < -0.4 is 0 Å². The molecular weight excluding hydrogens is 224 g/mol. The van der Waals surface area contributed by atoms with Crippen LogP contribution in [0, 0.1) is 0 Å². The minimum absolute atomic E-state index is 0.327. The van der Waals surface area contributed by atoms with Crippen LogP contribution in [0.5, 0.6) is 0 Å². The number of aliphatic hydroxyl groups excluding tert-OH is 1. The molecule has 1 fully saturated rings. The van der Waals surface area contributed by atoms with E-state index in [9.17, 15) is 5.11 Å². The van der Waals surface area contributed by atoms with Crippen LogP contribution in [0.25, 0.3) is 0 Å². The van der Waals surface area contributed by atoms with Crippen LogP contribution in [0.15, 0.2) is 30.3 Å². The maximum Gasteiger partial charge on any atom is 0.0939 e. The van der Waals surface area contributed by atoms with E-state index in [1.165, 1.54) is 31.2 Å². The van der Waals surface area contributed by atoms with Crippen LogP contribution in [0.1, 0.15) is 44.1 Å². The molecule has 0 radical (unpaired) electrons. The third-order valence-corrected chi connectivity index (χ3v) is 4.24. The Morgan fingerprint density at radius 1 is 1.11 bits per heavy atom. The van der Waals surface area contributed by atoms with Crippen LogP contribution in [-0.2, 0) is 11.2 Å². The van der Waals surface area contributed by atoms with Gasteiger partial charge in [-0.2, -0.15) is 0 Å². The summed E-state index contributed by atoms with van der Waals surface area (Å²) in [5.41, 5.74) is 0.859. The van der Waals surface area contributed by atoms with E-state index in [1.807, 2.05) is 18.2 Å². The molecule has 0 bridgehead atoms. The zero-order valence-electron chi connectivity index (χ0n) is 11.3. The lowest BCUT2D eigenvalue weighted by Gasteiger charge is -2.36. The number of hydrogen-bond donors (Lipinski definition) is 1. The summed E-state index contributed by atoms with van der Waals surface area (Å²) < 4.78 is 5.74. The number of methoxy groups -OCH3 is 1. The van der Waals surface area contributed by atoms with E-state index in [1.54, 1.807) is 7.11 Å². The molecule has 0 heterocycles. The van der Waals surface area contributed by atoms with E-state index in [0.717, 1.165) is 12.8 Å². The van der Waals surface area contributed by atoms with Gasteiger partial charge in [0.15, 0.2) is 0 Å². The van der Waals surface area contributed by atoms with Crippen LogP contribution in [0.3, 0.4) is 0 Å². The number of hydrogen-bond acceptors (Lipinski definition) is 2. The van der Waals surface area contributed by atoms with Crippen molar-refractivity contribution < 1.29 is 9.84 Å². The van der Waals surface area contributed by atoms with Crippen LogP contribution in [0.4, 0.5) is 0 Å². The van der Waals surface area contributed by atoms with E-state index in [0.29, 0.717) is 6.42 Å². The van der Waals surface area contributed by atoms with Gasteiger partial charge in [-0.1, -0.05) is 56.0 Å². The average Bonchev–Trinajstić information content (AvgIpc) is 2.66. The highest BCUT2D eigenvalue weighted by Gasteiger charge is 2.38. The van der Waals surface area contributed by atoms with Gasteiger partial charge in [0, 0.05) is 13.5 Å². The molecule has 1 saturated carbocycles.